The van der Waals surface area contributed by atoms with Gasteiger partial charge in [-0.25, -0.2) is 0 Å². The molecule has 1 unspecified atom stereocenters. The summed E-state index contributed by atoms with van der Waals surface area (Å²) in [6.45, 7) is 31.4. The number of phenolic OH excluding ortho intramolecular Hbond substituents is 2. The van der Waals surface area contributed by atoms with Crippen LogP contribution in [0.5, 0.6) is 11.5 Å². The fourth-order valence-corrected chi connectivity index (χ4v) is 5.88. The monoisotopic (exact) mass is 717 g/mol. The topological polar surface area (TPSA) is 156 Å². The molecule has 51 heavy (non-hydrogen) atoms. The van der Waals surface area contributed by atoms with Gasteiger partial charge in [0.1, 0.15) is 11.5 Å². The third kappa shape index (κ3) is 17.3. The molecule has 0 saturated carbocycles. The number of aliphatic carboxylic acids is 2. The van der Waals surface area contributed by atoms with Gasteiger partial charge in [-0.1, -0.05) is 128 Å². The van der Waals surface area contributed by atoms with E-state index in [1.807, 2.05) is 31.2 Å². The average molecular weight is 717 g/mol. The quantitative estimate of drug-likeness (QED) is 0.134. The summed E-state index contributed by atoms with van der Waals surface area (Å²) in [4.78, 5) is 21.5. The van der Waals surface area contributed by atoms with Crippen molar-refractivity contribution < 1.29 is 40.2 Å². The van der Waals surface area contributed by atoms with Crippen molar-refractivity contribution in [3.8, 4) is 11.5 Å². The number of aliphatic hydroxyl groups is 2. The summed E-state index contributed by atoms with van der Waals surface area (Å²) in [6, 6.07) is 7.75. The molecule has 0 radical (unpaired) electrons. The number of phenols is 2. The van der Waals surface area contributed by atoms with Crippen molar-refractivity contribution in [3.05, 3.63) is 57.6 Å². The molecule has 0 aliphatic carbocycles. The van der Waals surface area contributed by atoms with Gasteiger partial charge in [0, 0.05) is 26.1 Å². The maximum absolute atomic E-state index is 10.8. The SMILES string of the molecule is CC(C)(C)c1cc(CCC(=O)O)cc(C(C)(C)C)c1O.CC(C)(C)c1cc(CCC(=O)O)cc(C(C)(C)C)c1O.CC(CO)CC(C)(C)CCO. The second-order valence-electron chi connectivity index (χ2n) is 19.0. The van der Waals surface area contributed by atoms with Gasteiger partial charge in [0.2, 0.25) is 0 Å². The van der Waals surface area contributed by atoms with Crippen LogP contribution in [0.4, 0.5) is 0 Å². The molecule has 0 amide bonds. The minimum absolute atomic E-state index is 0.109. The Morgan fingerprint density at radius 3 is 1.04 bits per heavy atom. The predicted octanol–water partition coefficient (Wildman–Crippen LogP) is 9.42. The van der Waals surface area contributed by atoms with Crippen molar-refractivity contribution in [1.29, 1.82) is 0 Å². The van der Waals surface area contributed by atoms with E-state index in [1.165, 1.54) is 0 Å². The van der Waals surface area contributed by atoms with E-state index in [-0.39, 0.29) is 53.1 Å². The van der Waals surface area contributed by atoms with Crippen LogP contribution in [0.25, 0.3) is 0 Å². The third-order valence-electron chi connectivity index (χ3n) is 8.83. The molecule has 0 aliphatic heterocycles. The van der Waals surface area contributed by atoms with Crippen molar-refractivity contribution in [2.75, 3.05) is 13.2 Å². The van der Waals surface area contributed by atoms with Crippen LogP contribution in [-0.2, 0) is 44.1 Å². The van der Waals surface area contributed by atoms with Crippen LogP contribution in [0.15, 0.2) is 24.3 Å². The molecule has 0 aliphatic rings. The number of aliphatic hydroxyl groups excluding tert-OH is 2. The van der Waals surface area contributed by atoms with E-state index in [0.717, 1.165) is 46.2 Å². The minimum Gasteiger partial charge on any atom is -0.507 e. The highest BCUT2D eigenvalue weighted by molar-refractivity contribution is 5.67. The van der Waals surface area contributed by atoms with E-state index in [0.29, 0.717) is 30.3 Å². The van der Waals surface area contributed by atoms with E-state index in [2.05, 4.69) is 96.9 Å². The van der Waals surface area contributed by atoms with Crippen LogP contribution >= 0.6 is 0 Å². The van der Waals surface area contributed by atoms with E-state index in [1.54, 1.807) is 0 Å². The predicted molar refractivity (Wildman–Crippen MR) is 209 cm³/mol. The zero-order chi connectivity index (χ0) is 40.3. The molecular weight excluding hydrogens is 644 g/mol. The first-order valence-electron chi connectivity index (χ1n) is 18.3. The Hall–Kier alpha value is -3.10. The number of hydrogen-bond donors (Lipinski definition) is 6. The summed E-state index contributed by atoms with van der Waals surface area (Å²) in [5, 5.41) is 56.3. The Morgan fingerprint density at radius 2 is 0.843 bits per heavy atom. The van der Waals surface area contributed by atoms with Crippen LogP contribution in [0.3, 0.4) is 0 Å². The molecule has 0 bridgehead atoms. The highest BCUT2D eigenvalue weighted by atomic mass is 16.4. The third-order valence-corrected chi connectivity index (χ3v) is 8.83. The largest absolute Gasteiger partial charge is 0.507 e. The highest BCUT2D eigenvalue weighted by Crippen LogP contribution is 2.41. The molecule has 6 N–H and O–H groups in total. The van der Waals surface area contributed by atoms with Crippen LogP contribution < -0.4 is 0 Å². The lowest BCUT2D eigenvalue weighted by Crippen LogP contribution is -2.18. The Morgan fingerprint density at radius 1 is 0.569 bits per heavy atom. The fraction of sp³-hybridized carbons (Fsp3) is 0.674. The number of benzene rings is 2. The van der Waals surface area contributed by atoms with Gasteiger partial charge in [-0.2, -0.15) is 0 Å². The summed E-state index contributed by atoms with van der Waals surface area (Å²) >= 11 is 0. The van der Waals surface area contributed by atoms with Gasteiger partial charge in [-0.3, -0.25) is 9.59 Å². The number of rotatable bonds is 11. The zero-order valence-corrected chi connectivity index (χ0v) is 34.5. The standard InChI is InChI=1S/2C17H26O3.C9H20O2/c2*1-16(2,3)12-9-11(7-8-14(18)19)10-13(15(12)20)17(4,5)6;1-8(7-11)6-9(2,3)4-5-10/h2*9-10,20H,7-8H2,1-6H3,(H,18,19);8,10-11H,4-7H2,1-3H3. The molecule has 1 atom stereocenters. The lowest BCUT2D eigenvalue weighted by atomic mass is 9.78. The van der Waals surface area contributed by atoms with Gasteiger partial charge in [0.05, 0.1) is 0 Å². The average Bonchev–Trinajstić information content (AvgIpc) is 2.93. The summed E-state index contributed by atoms with van der Waals surface area (Å²) in [6.07, 6.45) is 2.99. The van der Waals surface area contributed by atoms with Crippen molar-refractivity contribution in [2.24, 2.45) is 11.3 Å². The van der Waals surface area contributed by atoms with Crippen LogP contribution in [0, 0.1) is 11.3 Å². The van der Waals surface area contributed by atoms with Crippen molar-refractivity contribution >= 4 is 11.9 Å². The van der Waals surface area contributed by atoms with Crippen molar-refractivity contribution in [3.63, 3.8) is 0 Å². The van der Waals surface area contributed by atoms with E-state index < -0.39 is 11.9 Å². The number of carboxylic acids is 2. The minimum atomic E-state index is -0.798. The van der Waals surface area contributed by atoms with Gasteiger partial charge in [-0.05, 0) is 92.1 Å². The molecule has 0 saturated heterocycles. The summed E-state index contributed by atoms with van der Waals surface area (Å²) in [5.74, 6) is -0.579. The van der Waals surface area contributed by atoms with Crippen LogP contribution in [0.1, 0.15) is 163 Å². The second-order valence-corrected chi connectivity index (χ2v) is 19.0. The molecule has 2 aromatic carbocycles. The maximum atomic E-state index is 10.8. The smallest absolute Gasteiger partial charge is 0.303 e. The number of carboxylic acid groups (broad SMARTS) is 2. The van der Waals surface area contributed by atoms with Crippen LogP contribution in [0.2, 0.25) is 0 Å². The lowest BCUT2D eigenvalue weighted by molar-refractivity contribution is -0.138. The number of aromatic hydroxyl groups is 2. The molecule has 292 valence electrons. The van der Waals surface area contributed by atoms with Crippen LogP contribution in [-0.4, -0.2) is 55.8 Å². The molecule has 2 aromatic rings. The van der Waals surface area contributed by atoms with E-state index in [4.69, 9.17) is 20.4 Å². The van der Waals surface area contributed by atoms with Gasteiger partial charge in [-0.15, -0.1) is 0 Å². The Balaban J connectivity index is 0.000000770. The summed E-state index contributed by atoms with van der Waals surface area (Å²) in [7, 11) is 0. The highest BCUT2D eigenvalue weighted by Gasteiger charge is 2.28. The van der Waals surface area contributed by atoms with E-state index in [9.17, 15) is 19.8 Å². The molecule has 2 rings (SSSR count). The molecule has 0 aromatic heterocycles. The molecule has 8 heteroatoms. The second kappa shape index (κ2) is 19.1. The Kier molecular flexibility index (Phi) is 18.0. The van der Waals surface area contributed by atoms with Gasteiger partial charge in [0.25, 0.3) is 0 Å². The first kappa shape index (κ1) is 47.9. The van der Waals surface area contributed by atoms with Gasteiger partial charge >= 0.3 is 11.9 Å². The normalized spacial score (nSPS) is 13.0. The molecule has 0 heterocycles. The molecule has 0 spiro atoms. The Labute approximate surface area is 309 Å². The van der Waals surface area contributed by atoms with Gasteiger partial charge < -0.3 is 30.6 Å². The molecule has 8 nitrogen and oxygen atoms in total. The first-order valence-corrected chi connectivity index (χ1v) is 18.3. The molecule has 0 fully saturated rings. The van der Waals surface area contributed by atoms with Crippen molar-refractivity contribution in [2.45, 2.75) is 164 Å². The zero-order valence-electron chi connectivity index (χ0n) is 34.5. The summed E-state index contributed by atoms with van der Waals surface area (Å²) < 4.78 is 0. The number of aryl methyl sites for hydroxylation is 2. The van der Waals surface area contributed by atoms with E-state index >= 15 is 0 Å². The summed E-state index contributed by atoms with van der Waals surface area (Å²) in [5.41, 5.74) is 4.92. The van der Waals surface area contributed by atoms with Crippen molar-refractivity contribution in [1.82, 2.24) is 0 Å². The fourth-order valence-electron chi connectivity index (χ4n) is 5.88. The first-order chi connectivity index (χ1) is 22.9. The molecular formula is C43H72O8. The number of hydrogen-bond acceptors (Lipinski definition) is 6. The Bertz CT molecular complexity index is 1240. The number of carbonyl (C=O) groups is 2. The van der Waals surface area contributed by atoms with Gasteiger partial charge in [0.15, 0.2) is 0 Å². The lowest BCUT2D eigenvalue weighted by Gasteiger charge is -2.28. The maximum Gasteiger partial charge on any atom is 0.303 e.